The third-order valence-electron chi connectivity index (χ3n) is 5.80. The number of hydroxylamine groups is 2. The summed E-state index contributed by atoms with van der Waals surface area (Å²) >= 11 is 0. The van der Waals surface area contributed by atoms with Crippen LogP contribution in [0.25, 0.3) is 0 Å². The molecule has 1 fully saturated rings. The Bertz CT molecular complexity index is 1410. The number of amides is 3. The van der Waals surface area contributed by atoms with Crippen molar-refractivity contribution in [3.8, 4) is 11.8 Å². The monoisotopic (exact) mass is 532 g/mol. The van der Waals surface area contributed by atoms with Gasteiger partial charge in [-0.25, -0.2) is 13.2 Å². The van der Waals surface area contributed by atoms with Crippen molar-refractivity contribution in [1.82, 2.24) is 5.06 Å². The van der Waals surface area contributed by atoms with Crippen LogP contribution >= 0.6 is 0 Å². The Morgan fingerprint density at radius 3 is 2.30 bits per heavy atom. The van der Waals surface area contributed by atoms with Gasteiger partial charge in [0.05, 0.1) is 18.7 Å². The van der Waals surface area contributed by atoms with Crippen molar-refractivity contribution in [2.45, 2.75) is 43.9 Å². The maximum Gasteiger partial charge on any atom is 1.00 e. The Labute approximate surface area is 235 Å². The van der Waals surface area contributed by atoms with E-state index in [-0.39, 0.29) is 59.8 Å². The van der Waals surface area contributed by atoms with Gasteiger partial charge < -0.3 is 14.3 Å². The molecule has 12 heteroatoms. The minimum absolute atomic E-state index is 0. The van der Waals surface area contributed by atoms with Crippen LogP contribution in [0.1, 0.15) is 48.8 Å². The molecule has 0 spiro atoms. The zero-order valence-electron chi connectivity index (χ0n) is 20.0. The van der Waals surface area contributed by atoms with Crippen molar-refractivity contribution in [2.24, 2.45) is 0 Å². The third kappa shape index (κ3) is 6.66. The van der Waals surface area contributed by atoms with E-state index in [9.17, 15) is 32.1 Å². The number of fused-ring (bicyclic) bond motifs is 2. The summed E-state index contributed by atoms with van der Waals surface area (Å²) in [5.74, 6) is 2.70. The van der Waals surface area contributed by atoms with Gasteiger partial charge in [-0.3, -0.25) is 14.4 Å². The molecule has 0 N–H and O–H groups in total. The van der Waals surface area contributed by atoms with E-state index in [1.807, 2.05) is 48.5 Å². The summed E-state index contributed by atoms with van der Waals surface area (Å²) in [5, 5.41) is -2.06. The van der Waals surface area contributed by atoms with Crippen molar-refractivity contribution in [1.29, 1.82) is 0 Å². The van der Waals surface area contributed by atoms with Gasteiger partial charge in [-0.05, 0) is 36.6 Å². The van der Waals surface area contributed by atoms with Gasteiger partial charge >= 0.3 is 35.5 Å². The Morgan fingerprint density at radius 2 is 1.59 bits per heavy atom. The van der Waals surface area contributed by atoms with Gasteiger partial charge in [0.15, 0.2) is 0 Å². The minimum atomic E-state index is -5.04. The summed E-state index contributed by atoms with van der Waals surface area (Å²) in [6, 6.07) is 14.9. The molecule has 1 atom stereocenters. The smallest absolute Gasteiger partial charge is 0.747 e. The van der Waals surface area contributed by atoms with Crippen molar-refractivity contribution in [3.05, 3.63) is 65.2 Å². The van der Waals surface area contributed by atoms with E-state index >= 15 is 0 Å². The van der Waals surface area contributed by atoms with Crippen LogP contribution in [0.4, 0.5) is 5.69 Å². The second-order valence-corrected chi connectivity index (χ2v) is 9.84. The number of hydrogen-bond donors (Lipinski definition) is 0. The van der Waals surface area contributed by atoms with E-state index < -0.39 is 39.6 Å². The van der Waals surface area contributed by atoms with Crippen molar-refractivity contribution in [2.75, 3.05) is 4.90 Å². The van der Waals surface area contributed by atoms with Crippen LogP contribution in [0.15, 0.2) is 48.5 Å². The summed E-state index contributed by atoms with van der Waals surface area (Å²) in [6.45, 7) is 0.339. The van der Waals surface area contributed by atoms with Crippen LogP contribution in [-0.2, 0) is 40.7 Å². The predicted molar refractivity (Wildman–Crippen MR) is 125 cm³/mol. The summed E-state index contributed by atoms with van der Waals surface area (Å²) in [6.07, 6.45) is -0.425. The molecule has 0 radical (unpaired) electrons. The number of anilines is 1. The van der Waals surface area contributed by atoms with Crippen LogP contribution in [0.2, 0.25) is 0 Å². The van der Waals surface area contributed by atoms with E-state index in [1.165, 1.54) is 0 Å². The van der Waals surface area contributed by atoms with E-state index in [2.05, 4.69) is 16.7 Å². The molecule has 2 aliphatic heterocycles. The van der Waals surface area contributed by atoms with Crippen LogP contribution in [0.3, 0.4) is 0 Å². The third-order valence-corrected chi connectivity index (χ3v) is 6.86. The Kier molecular flexibility index (Phi) is 9.28. The molecule has 1 unspecified atom stereocenters. The second-order valence-electron chi connectivity index (χ2n) is 8.29. The zero-order valence-corrected chi connectivity index (χ0v) is 22.8. The first-order valence-corrected chi connectivity index (χ1v) is 12.6. The molecule has 2 heterocycles. The van der Waals surface area contributed by atoms with Gasteiger partial charge in [0.25, 0.3) is 11.8 Å². The number of imide groups is 1. The fraction of sp³-hybridized carbons (Fsp3) is 0.280. The number of para-hydroxylation sites is 1. The topological polar surface area (TPSA) is 141 Å². The number of carbonyl (C=O) groups is 4. The Morgan fingerprint density at radius 1 is 0.973 bits per heavy atom. The first-order chi connectivity index (χ1) is 17.1. The molecule has 0 aliphatic carbocycles. The molecule has 4 rings (SSSR count). The summed E-state index contributed by atoms with van der Waals surface area (Å²) < 4.78 is 33.2. The number of carbonyl (C=O) groups excluding carboxylic acids is 4. The van der Waals surface area contributed by atoms with Crippen molar-refractivity contribution >= 4 is 39.5 Å². The minimum Gasteiger partial charge on any atom is -0.747 e. The van der Waals surface area contributed by atoms with Crippen LogP contribution < -0.4 is 34.5 Å². The second kappa shape index (κ2) is 12.0. The van der Waals surface area contributed by atoms with Crippen LogP contribution in [0, 0.1) is 11.8 Å². The molecule has 2 aromatic carbocycles. The van der Waals surface area contributed by atoms with Gasteiger partial charge in [-0.1, -0.05) is 42.2 Å². The molecule has 0 bridgehead atoms. The van der Waals surface area contributed by atoms with Gasteiger partial charge in [0.2, 0.25) is 5.91 Å². The number of unbranched alkanes of at least 4 members (excludes halogenated alkanes) is 1. The van der Waals surface area contributed by atoms with Crippen LogP contribution in [-0.4, -0.2) is 47.0 Å². The fourth-order valence-electron chi connectivity index (χ4n) is 3.94. The molecule has 0 aromatic heterocycles. The van der Waals surface area contributed by atoms with Crippen molar-refractivity contribution in [3.63, 3.8) is 0 Å². The van der Waals surface area contributed by atoms with Gasteiger partial charge in [0, 0.05) is 24.0 Å². The quantitative estimate of drug-likeness (QED) is 0.140. The van der Waals surface area contributed by atoms with Gasteiger partial charge in [-0.2, -0.15) is 0 Å². The molecule has 1 saturated heterocycles. The Balaban J connectivity index is 0.00000380. The molecule has 37 heavy (non-hydrogen) atoms. The molecular formula is C25H21N2NaO8S. The first kappa shape index (κ1) is 28.6. The van der Waals surface area contributed by atoms with Gasteiger partial charge in [0.1, 0.15) is 15.4 Å². The summed E-state index contributed by atoms with van der Waals surface area (Å²) in [4.78, 5) is 55.3. The average molecular weight is 533 g/mol. The van der Waals surface area contributed by atoms with E-state index in [0.717, 1.165) is 16.7 Å². The normalized spacial score (nSPS) is 16.4. The zero-order chi connectivity index (χ0) is 25.9. The molecule has 2 aromatic rings. The number of rotatable bonds is 7. The molecule has 3 amide bonds. The van der Waals surface area contributed by atoms with E-state index in [0.29, 0.717) is 18.7 Å². The number of nitrogens with zero attached hydrogens (tertiary/aromatic N) is 2. The average Bonchev–Trinajstić information content (AvgIpc) is 3.12. The maximum absolute atomic E-state index is 13.2. The molecule has 10 nitrogen and oxygen atoms in total. The maximum atomic E-state index is 13.2. The largest absolute Gasteiger partial charge is 1.00 e. The molecule has 186 valence electrons. The fourth-order valence-corrected chi connectivity index (χ4v) is 4.63. The molecular weight excluding hydrogens is 511 g/mol. The SMILES string of the molecule is O=C(CCCCC(=O)N1Cc2ccccc2C#Cc2ccccc21)ON1C(=O)CC(S(=O)(=O)[O-])C1=O.[Na+]. The molecule has 0 saturated carbocycles. The number of benzene rings is 2. The van der Waals surface area contributed by atoms with Crippen LogP contribution in [0.5, 0.6) is 0 Å². The Hall–Kier alpha value is -3.01. The number of hydrogen-bond acceptors (Lipinski definition) is 8. The van der Waals surface area contributed by atoms with Gasteiger partial charge in [-0.15, -0.1) is 5.06 Å². The summed E-state index contributed by atoms with van der Waals surface area (Å²) in [5.41, 5.74) is 3.17. The van der Waals surface area contributed by atoms with Crippen molar-refractivity contribution < 1.29 is 66.5 Å². The first-order valence-electron chi connectivity index (χ1n) is 11.2. The van der Waals surface area contributed by atoms with E-state index in [4.69, 9.17) is 0 Å². The molecule has 2 aliphatic rings. The summed E-state index contributed by atoms with van der Waals surface area (Å²) in [7, 11) is -5.04. The standard InChI is InChI=1S/C25H22N2O8S.Na/c28-22(11-5-6-12-24(30)35-27-23(29)15-21(25(27)31)36(32,33)34)26-16-19-9-2-1-7-17(19)13-14-18-8-3-4-10-20(18)26;/h1-4,7-10,21H,5-6,11-12,15-16H2,(H,32,33,34);/q;+1/p-1. The van der Waals surface area contributed by atoms with E-state index in [1.54, 1.807) is 4.90 Å². The predicted octanol–water partition coefficient (Wildman–Crippen LogP) is -1.37.